The van der Waals surface area contributed by atoms with Crippen LogP contribution in [0.2, 0.25) is 10.0 Å². The molecular formula is C39H33Cl2N3O7S. The van der Waals surface area contributed by atoms with Gasteiger partial charge in [-0.1, -0.05) is 59.1 Å². The van der Waals surface area contributed by atoms with Crippen molar-refractivity contribution < 1.29 is 33.8 Å². The molecule has 1 aromatic heterocycles. The second-order valence-corrected chi connectivity index (χ2v) is 15.4. The molecule has 10 nitrogen and oxygen atoms in total. The molecule has 6 atom stereocenters. The summed E-state index contributed by atoms with van der Waals surface area (Å²) >= 11 is 14.2. The Kier molecular flexibility index (Phi) is 8.55. The van der Waals surface area contributed by atoms with Crippen LogP contribution in [-0.2, 0) is 31.1 Å². The number of fused-ring (bicyclic) bond motifs is 4. The quantitative estimate of drug-likeness (QED) is 0.146. The zero-order valence-electron chi connectivity index (χ0n) is 28.0. The van der Waals surface area contributed by atoms with Gasteiger partial charge < -0.3 is 14.6 Å². The number of benzene rings is 3. The van der Waals surface area contributed by atoms with E-state index in [1.807, 2.05) is 23.6 Å². The number of thiophene rings is 1. The van der Waals surface area contributed by atoms with E-state index in [4.69, 9.17) is 32.7 Å². The number of nitrogens with zero attached hydrogens (tertiary/aromatic N) is 2. The van der Waals surface area contributed by atoms with Crippen LogP contribution in [0.4, 0.5) is 5.69 Å². The van der Waals surface area contributed by atoms with Gasteiger partial charge in [0.05, 0.1) is 54.6 Å². The van der Waals surface area contributed by atoms with E-state index in [9.17, 15) is 19.5 Å². The van der Waals surface area contributed by atoms with E-state index in [-0.39, 0.29) is 47.7 Å². The van der Waals surface area contributed by atoms with Crippen molar-refractivity contribution in [3.8, 4) is 17.2 Å². The third-order valence-corrected chi connectivity index (χ3v) is 12.5. The highest BCUT2D eigenvalue weighted by Gasteiger charge is 2.70. The first-order valence-electron chi connectivity index (χ1n) is 16.8. The van der Waals surface area contributed by atoms with E-state index in [0.717, 1.165) is 15.5 Å². The molecule has 3 aromatic carbocycles. The molecule has 2 aliphatic heterocycles. The van der Waals surface area contributed by atoms with E-state index < -0.39 is 46.8 Å². The zero-order valence-corrected chi connectivity index (χ0v) is 30.4. The molecule has 2 saturated heterocycles. The molecule has 0 spiro atoms. The largest absolute Gasteiger partial charge is 0.508 e. The number of methoxy groups -OCH3 is 2. The van der Waals surface area contributed by atoms with Crippen LogP contribution in [0.15, 0.2) is 89.8 Å². The smallest absolute Gasteiger partial charge is 0.260 e. The van der Waals surface area contributed by atoms with Crippen molar-refractivity contribution in [2.75, 3.05) is 19.6 Å². The molecule has 2 N–H and O–H groups in total. The molecule has 2 aliphatic carbocycles. The average molecular weight is 759 g/mol. The number of amides is 4. The van der Waals surface area contributed by atoms with Gasteiger partial charge in [-0.25, -0.2) is 0 Å². The third-order valence-electron chi connectivity index (χ3n) is 11.1. The van der Waals surface area contributed by atoms with Gasteiger partial charge in [-0.05, 0) is 72.2 Å². The third kappa shape index (κ3) is 5.12. The van der Waals surface area contributed by atoms with Crippen LogP contribution < -0.4 is 14.9 Å². The Labute approximate surface area is 313 Å². The van der Waals surface area contributed by atoms with Crippen LogP contribution in [0, 0.1) is 23.7 Å². The van der Waals surface area contributed by atoms with E-state index in [2.05, 4.69) is 5.43 Å². The van der Waals surface area contributed by atoms with Crippen LogP contribution in [0.25, 0.3) is 0 Å². The van der Waals surface area contributed by atoms with Gasteiger partial charge in [0, 0.05) is 27.4 Å². The van der Waals surface area contributed by atoms with Crippen LogP contribution >= 0.6 is 34.5 Å². The van der Waals surface area contributed by atoms with Crippen LogP contribution in [0.1, 0.15) is 34.8 Å². The highest BCUT2D eigenvalue weighted by Crippen LogP contribution is 2.65. The van der Waals surface area contributed by atoms with Crippen LogP contribution in [0.5, 0.6) is 17.2 Å². The number of carbonyl (C=O) groups excluding carboxylic acids is 4. The fourth-order valence-electron chi connectivity index (χ4n) is 8.86. The number of ether oxygens (including phenoxy) is 2. The van der Waals surface area contributed by atoms with Crippen molar-refractivity contribution in [3.63, 3.8) is 0 Å². The monoisotopic (exact) mass is 757 g/mol. The minimum atomic E-state index is -1.60. The first-order valence-corrected chi connectivity index (χ1v) is 18.4. The van der Waals surface area contributed by atoms with Gasteiger partial charge in [-0.2, -0.15) is 5.01 Å². The molecule has 0 radical (unpaired) electrons. The molecule has 4 aromatic rings. The molecule has 0 bridgehead atoms. The van der Waals surface area contributed by atoms with Crippen molar-refractivity contribution >= 4 is 63.9 Å². The summed E-state index contributed by atoms with van der Waals surface area (Å²) in [7, 11) is 3.02. The average Bonchev–Trinajstić information content (AvgIpc) is 3.81. The van der Waals surface area contributed by atoms with Crippen molar-refractivity contribution in [2.24, 2.45) is 23.7 Å². The Morgan fingerprint density at radius 1 is 0.904 bits per heavy atom. The normalized spacial score (nSPS) is 26.5. The Bertz CT molecular complexity index is 2160. The molecular weight excluding hydrogens is 725 g/mol. The van der Waals surface area contributed by atoms with E-state index in [0.29, 0.717) is 27.6 Å². The first-order chi connectivity index (χ1) is 25.1. The summed E-state index contributed by atoms with van der Waals surface area (Å²) in [5.74, 6) is -4.71. The lowest BCUT2D eigenvalue weighted by Gasteiger charge is -2.50. The Morgan fingerprint density at radius 2 is 1.65 bits per heavy atom. The van der Waals surface area contributed by atoms with Gasteiger partial charge in [0.25, 0.3) is 11.8 Å². The molecule has 8 rings (SSSR count). The highest BCUT2D eigenvalue weighted by atomic mass is 35.5. The van der Waals surface area contributed by atoms with Crippen LogP contribution in [-0.4, -0.2) is 52.9 Å². The number of aromatic hydroxyl groups is 1. The fourth-order valence-corrected chi connectivity index (χ4v) is 10.0. The number of hydrazine groups is 1. The zero-order chi connectivity index (χ0) is 36.5. The van der Waals surface area contributed by atoms with Gasteiger partial charge in [0.15, 0.2) is 0 Å². The maximum absolute atomic E-state index is 15.4. The number of anilines is 1. The number of nitrogens with one attached hydrogen (secondary N) is 1. The Morgan fingerprint density at radius 3 is 2.33 bits per heavy atom. The molecule has 0 unspecified atom stereocenters. The molecule has 266 valence electrons. The molecule has 13 heteroatoms. The van der Waals surface area contributed by atoms with E-state index in [1.165, 1.54) is 42.6 Å². The predicted molar refractivity (Wildman–Crippen MR) is 195 cm³/mol. The predicted octanol–water partition coefficient (Wildman–Crippen LogP) is 6.96. The van der Waals surface area contributed by atoms with E-state index in [1.54, 1.807) is 48.5 Å². The molecule has 4 amide bonds. The van der Waals surface area contributed by atoms with Crippen LogP contribution in [0.3, 0.4) is 0 Å². The fraction of sp³-hybridized carbons (Fsp3) is 0.282. The number of imide groups is 2. The minimum absolute atomic E-state index is 0.107. The Balaban J connectivity index is 1.33. The van der Waals surface area contributed by atoms with Gasteiger partial charge in [0.1, 0.15) is 17.2 Å². The topological polar surface area (TPSA) is 125 Å². The maximum Gasteiger partial charge on any atom is 0.260 e. The van der Waals surface area contributed by atoms with Crippen molar-refractivity contribution in [2.45, 2.75) is 30.7 Å². The lowest BCUT2D eigenvalue weighted by atomic mass is 9.49. The maximum atomic E-state index is 15.4. The highest BCUT2D eigenvalue weighted by molar-refractivity contribution is 7.09. The Hall–Kier alpha value is -4.84. The summed E-state index contributed by atoms with van der Waals surface area (Å²) in [6, 6.07) is 20.3. The standard InChI is InChI=1S/C39H33Cl2N3O7S/c1-50-22-8-5-20(6-9-22)39-29(36(47)44(38(39)49)42-31-14-7-21(40)16-30(31)41)18-28-25(34(39)26-11-10-23(51-2)17-32(26)45)12-13-27-33(28)37(48)43(35(27)46)19-24-4-3-15-52-24/h3-12,14-17,27-29,33-34,42,45H,13,18-19H2,1-2H3/t27-,28+,29-,33-,34+,39+/m0/s1. The van der Waals surface area contributed by atoms with Gasteiger partial charge in [-0.15, -0.1) is 11.3 Å². The summed E-state index contributed by atoms with van der Waals surface area (Å²) in [6.07, 6.45) is 2.32. The summed E-state index contributed by atoms with van der Waals surface area (Å²) in [4.78, 5) is 60.7. The van der Waals surface area contributed by atoms with E-state index >= 15 is 4.79 Å². The summed E-state index contributed by atoms with van der Waals surface area (Å²) < 4.78 is 10.9. The lowest BCUT2D eigenvalue weighted by molar-refractivity contribution is -0.141. The number of hydrogen-bond acceptors (Lipinski definition) is 9. The number of carbonyl (C=O) groups is 4. The van der Waals surface area contributed by atoms with Crippen molar-refractivity contribution in [1.29, 1.82) is 0 Å². The molecule has 52 heavy (non-hydrogen) atoms. The lowest BCUT2D eigenvalue weighted by Crippen LogP contribution is -2.53. The van der Waals surface area contributed by atoms with Crippen molar-refractivity contribution in [3.05, 3.63) is 116 Å². The molecule has 4 aliphatic rings. The number of likely N-dealkylation sites (tertiary alicyclic amines) is 1. The SMILES string of the molecule is COc1ccc([C@@]23C(=O)N(Nc4ccc(Cl)cc4Cl)C(=O)[C@@H]2C[C@@H]2C(=CC[C@@H]4C(=O)N(Cc5cccs5)C(=O)[C@@H]42)[C@@H]3c2ccc(OC)cc2O)cc1. The van der Waals surface area contributed by atoms with Crippen molar-refractivity contribution in [1.82, 2.24) is 9.91 Å². The van der Waals surface area contributed by atoms with Gasteiger partial charge in [0.2, 0.25) is 11.8 Å². The second kappa shape index (κ2) is 13.0. The number of rotatable bonds is 8. The minimum Gasteiger partial charge on any atom is -0.508 e. The summed E-state index contributed by atoms with van der Waals surface area (Å²) in [6.45, 7) is 0.170. The molecule has 3 fully saturated rings. The number of allylic oxidation sites excluding steroid dienone is 2. The summed E-state index contributed by atoms with van der Waals surface area (Å²) in [5, 5.41) is 15.2. The number of hydrogen-bond donors (Lipinski definition) is 2. The number of phenols is 1. The number of phenolic OH excluding ortho intramolecular Hbond substituents is 1. The van der Waals surface area contributed by atoms with Gasteiger partial charge in [-0.3, -0.25) is 29.5 Å². The first kappa shape index (κ1) is 34.3. The number of halogens is 2. The molecule has 3 heterocycles. The summed E-state index contributed by atoms with van der Waals surface area (Å²) in [5.41, 5.74) is 3.30. The second-order valence-electron chi connectivity index (χ2n) is 13.5. The van der Waals surface area contributed by atoms with Gasteiger partial charge >= 0.3 is 0 Å². The molecule has 1 saturated carbocycles.